The number of nitrogens with zero attached hydrogens (tertiary/aromatic N) is 4. The first kappa shape index (κ1) is 19.6. The van der Waals surface area contributed by atoms with Crippen LogP contribution in [0, 0.1) is 17.1 Å². The number of likely N-dealkylation sites (N-methyl/N-ethyl adjacent to an activating group) is 1. The van der Waals surface area contributed by atoms with Crippen LogP contribution >= 0.6 is 0 Å². The molecule has 0 N–H and O–H groups in total. The van der Waals surface area contributed by atoms with E-state index in [0.717, 1.165) is 11.3 Å². The van der Waals surface area contributed by atoms with Crippen molar-refractivity contribution < 1.29 is 13.9 Å². The molecule has 1 aliphatic heterocycles. The number of rotatable bonds is 5. The van der Waals surface area contributed by atoms with Gasteiger partial charge in [-0.2, -0.15) is 5.26 Å². The van der Waals surface area contributed by atoms with Gasteiger partial charge in [0.05, 0.1) is 25.1 Å². The molecule has 1 aromatic heterocycles. The highest BCUT2D eigenvalue weighted by atomic mass is 19.1. The minimum atomic E-state index is -1.03. The summed E-state index contributed by atoms with van der Waals surface area (Å²) in [5.74, 6) is 0.0519. The van der Waals surface area contributed by atoms with Gasteiger partial charge in [-0.05, 0) is 42.7 Å². The van der Waals surface area contributed by atoms with Gasteiger partial charge in [0.2, 0.25) is 0 Å². The number of aryl methyl sites for hydroxylation is 1. The molecule has 0 spiro atoms. The predicted octanol–water partition coefficient (Wildman–Crippen LogP) is 3.25. The third-order valence-electron chi connectivity index (χ3n) is 5.68. The van der Waals surface area contributed by atoms with Crippen LogP contribution in [0.5, 0.6) is 5.75 Å². The summed E-state index contributed by atoms with van der Waals surface area (Å²) in [4.78, 5) is 19.8. The number of halogens is 1. The summed E-state index contributed by atoms with van der Waals surface area (Å²) < 4.78 is 20.7. The minimum absolute atomic E-state index is 0.119. The van der Waals surface area contributed by atoms with Crippen LogP contribution in [-0.4, -0.2) is 34.5 Å². The van der Waals surface area contributed by atoms with Gasteiger partial charge in [0, 0.05) is 31.0 Å². The van der Waals surface area contributed by atoms with Crippen LogP contribution in [0.2, 0.25) is 0 Å². The van der Waals surface area contributed by atoms with E-state index in [-0.39, 0.29) is 11.7 Å². The third kappa shape index (κ3) is 3.11. The summed E-state index contributed by atoms with van der Waals surface area (Å²) in [6.07, 6.45) is 4.69. The van der Waals surface area contributed by atoms with Gasteiger partial charge >= 0.3 is 0 Å². The van der Waals surface area contributed by atoms with Gasteiger partial charge in [0.25, 0.3) is 5.91 Å². The number of methoxy groups -OCH3 is 1. The van der Waals surface area contributed by atoms with Gasteiger partial charge in [-0.3, -0.25) is 4.79 Å². The summed E-state index contributed by atoms with van der Waals surface area (Å²) in [6, 6.07) is 13.4. The highest BCUT2D eigenvalue weighted by molar-refractivity contribution is 5.89. The van der Waals surface area contributed by atoms with E-state index in [4.69, 9.17) is 4.74 Å². The van der Waals surface area contributed by atoms with E-state index >= 15 is 0 Å². The number of benzene rings is 2. The van der Waals surface area contributed by atoms with Crippen molar-refractivity contribution in [3.8, 4) is 11.8 Å². The fourth-order valence-corrected chi connectivity index (χ4v) is 4.22. The van der Waals surface area contributed by atoms with Crippen molar-refractivity contribution in [2.75, 3.05) is 14.2 Å². The van der Waals surface area contributed by atoms with Crippen molar-refractivity contribution in [3.63, 3.8) is 0 Å². The Morgan fingerprint density at radius 1 is 1.33 bits per heavy atom. The maximum absolute atomic E-state index is 13.9. The van der Waals surface area contributed by atoms with Gasteiger partial charge in [-0.25, -0.2) is 9.37 Å². The van der Waals surface area contributed by atoms with Crippen LogP contribution in [0.4, 0.5) is 4.39 Å². The highest BCUT2D eigenvalue weighted by Gasteiger charge is 2.49. The number of nitriles is 1. The molecule has 2 aromatic carbocycles. The second kappa shape index (κ2) is 7.64. The largest absolute Gasteiger partial charge is 0.496 e. The van der Waals surface area contributed by atoms with E-state index in [1.165, 1.54) is 19.2 Å². The molecule has 0 fully saturated rings. The van der Waals surface area contributed by atoms with Crippen molar-refractivity contribution in [2.24, 2.45) is 0 Å². The lowest BCUT2D eigenvalue weighted by atomic mass is 9.84. The van der Waals surface area contributed by atoms with Crippen LogP contribution in [0.25, 0.3) is 0 Å². The Hall–Kier alpha value is -3.66. The van der Waals surface area contributed by atoms with Crippen LogP contribution in [-0.2, 0) is 23.3 Å². The molecule has 6 nitrogen and oxygen atoms in total. The van der Waals surface area contributed by atoms with Gasteiger partial charge in [-0.15, -0.1) is 0 Å². The molecule has 1 amide bonds. The maximum atomic E-state index is 13.9. The smallest absolute Gasteiger partial charge is 0.253 e. The molecule has 152 valence electrons. The Morgan fingerprint density at radius 3 is 2.80 bits per heavy atom. The number of hydrogen-bond acceptors (Lipinski definition) is 4. The lowest BCUT2D eigenvalue weighted by molar-refractivity contribution is -0.137. The van der Waals surface area contributed by atoms with Gasteiger partial charge in [-0.1, -0.05) is 18.2 Å². The maximum Gasteiger partial charge on any atom is 0.253 e. The fraction of sp³-hybridized carbons (Fsp3) is 0.261. The highest BCUT2D eigenvalue weighted by Crippen LogP contribution is 2.44. The average molecular weight is 404 g/mol. The molecule has 0 saturated carbocycles. The summed E-state index contributed by atoms with van der Waals surface area (Å²) in [5, 5.41) is 9.26. The number of ether oxygens (including phenoxy) is 1. The predicted molar refractivity (Wildman–Crippen MR) is 108 cm³/mol. The summed E-state index contributed by atoms with van der Waals surface area (Å²) in [5.41, 5.74) is 1.92. The molecule has 7 heteroatoms. The molecule has 3 aromatic rings. The molecule has 0 aliphatic carbocycles. The Labute approximate surface area is 174 Å². The van der Waals surface area contributed by atoms with Gasteiger partial charge in [0.1, 0.15) is 11.6 Å². The molecule has 0 bridgehead atoms. The summed E-state index contributed by atoms with van der Waals surface area (Å²) in [7, 11) is 3.27. The monoisotopic (exact) mass is 404 g/mol. The van der Waals surface area contributed by atoms with Gasteiger partial charge < -0.3 is 14.2 Å². The van der Waals surface area contributed by atoms with E-state index in [9.17, 15) is 14.4 Å². The van der Waals surface area contributed by atoms with Crippen LogP contribution in [0.3, 0.4) is 0 Å². The fourth-order valence-electron chi connectivity index (χ4n) is 4.22. The van der Waals surface area contributed by atoms with Crippen molar-refractivity contribution in [1.82, 2.24) is 14.5 Å². The van der Waals surface area contributed by atoms with E-state index < -0.39 is 5.54 Å². The van der Waals surface area contributed by atoms with Gasteiger partial charge in [0.15, 0.2) is 5.54 Å². The zero-order valence-electron chi connectivity index (χ0n) is 16.8. The third-order valence-corrected chi connectivity index (χ3v) is 5.68. The number of carbonyl (C=O) groups is 1. The Balaban J connectivity index is 1.79. The molecule has 1 aliphatic rings. The molecule has 30 heavy (non-hydrogen) atoms. The van der Waals surface area contributed by atoms with Crippen molar-refractivity contribution in [2.45, 2.75) is 24.9 Å². The quantitative estimate of drug-likeness (QED) is 0.655. The zero-order valence-corrected chi connectivity index (χ0v) is 16.8. The first-order chi connectivity index (χ1) is 14.5. The Morgan fingerprint density at radius 2 is 2.10 bits per heavy atom. The molecule has 4 rings (SSSR count). The van der Waals surface area contributed by atoms with Crippen LogP contribution in [0.15, 0.2) is 55.0 Å². The minimum Gasteiger partial charge on any atom is -0.496 e. The SMILES string of the molecule is COc1cc(C#N)ccc1C1(C(=O)N(C)Cc2ccc(F)cc2)CCc2cncn21. The van der Waals surface area contributed by atoms with Crippen molar-refractivity contribution >= 4 is 5.91 Å². The lowest BCUT2D eigenvalue weighted by Gasteiger charge is -2.35. The molecule has 1 atom stereocenters. The van der Waals surface area contributed by atoms with E-state index in [1.807, 2.05) is 4.57 Å². The number of imidazole rings is 1. The van der Waals surface area contributed by atoms with E-state index in [1.54, 1.807) is 54.8 Å². The van der Waals surface area contributed by atoms with E-state index in [2.05, 4.69) is 11.1 Å². The summed E-state index contributed by atoms with van der Waals surface area (Å²) in [6.45, 7) is 0.337. The molecule has 2 heterocycles. The lowest BCUT2D eigenvalue weighted by Crippen LogP contribution is -2.48. The molecular formula is C23H21FN4O2. The molecule has 0 radical (unpaired) electrons. The number of carbonyl (C=O) groups excluding carboxylic acids is 1. The number of fused-ring (bicyclic) bond motifs is 1. The number of aromatic nitrogens is 2. The summed E-state index contributed by atoms with van der Waals surface area (Å²) >= 11 is 0. The second-order valence-electron chi connectivity index (χ2n) is 7.43. The normalized spacial score (nSPS) is 17.3. The number of amides is 1. The van der Waals surface area contributed by atoms with Crippen molar-refractivity contribution in [1.29, 1.82) is 5.26 Å². The molecule has 1 unspecified atom stereocenters. The first-order valence-electron chi connectivity index (χ1n) is 9.60. The van der Waals surface area contributed by atoms with Crippen LogP contribution in [0.1, 0.15) is 28.8 Å². The zero-order chi connectivity index (χ0) is 21.3. The Kier molecular flexibility index (Phi) is 5.00. The number of hydrogen-bond donors (Lipinski definition) is 0. The first-order valence-corrected chi connectivity index (χ1v) is 9.60. The van der Waals surface area contributed by atoms with E-state index in [0.29, 0.717) is 36.3 Å². The Bertz CT molecular complexity index is 1130. The average Bonchev–Trinajstić information content (AvgIpc) is 3.37. The van der Waals surface area contributed by atoms with Crippen molar-refractivity contribution in [3.05, 3.63) is 83.2 Å². The topological polar surface area (TPSA) is 71.2 Å². The second-order valence-corrected chi connectivity index (χ2v) is 7.43. The molecule has 0 saturated heterocycles. The molecular weight excluding hydrogens is 383 g/mol. The van der Waals surface area contributed by atoms with Crippen LogP contribution < -0.4 is 4.74 Å². The standard InChI is InChI=1S/C23H21FN4O2/c1-27(14-16-3-6-18(24)7-4-16)22(29)23(10-9-19-13-26-15-28(19)23)20-8-5-17(12-25)11-21(20)30-2/h3-8,11,13,15H,9-10,14H2,1-2H3.